The van der Waals surface area contributed by atoms with Gasteiger partial charge in [-0.1, -0.05) is 59.1 Å². The highest BCUT2D eigenvalue weighted by molar-refractivity contribution is 6.32. The topological polar surface area (TPSA) is 73.2 Å². The van der Waals surface area contributed by atoms with Crippen molar-refractivity contribution in [3.63, 3.8) is 0 Å². The quantitative estimate of drug-likeness (QED) is 0.339. The lowest BCUT2D eigenvalue weighted by Crippen LogP contribution is -2.20. The standard InChI is InChI=1S/C23H20Cl3N3O3/c1-14-18(24)8-5-9-20(14)27-21(30)13-32-22(31)11-10-17-15(2)28-29(23(17)26)12-16-6-3-4-7-19(16)25/h3-11H,12-13H2,1-2H3,(H,27,30)/b11-10+. The lowest BCUT2D eigenvalue weighted by Gasteiger charge is -2.09. The number of nitrogens with zero attached hydrogens (tertiary/aromatic N) is 2. The summed E-state index contributed by atoms with van der Waals surface area (Å²) in [5.41, 5.74) is 3.37. The first-order valence-corrected chi connectivity index (χ1v) is 10.8. The van der Waals surface area contributed by atoms with E-state index in [1.807, 2.05) is 18.2 Å². The smallest absolute Gasteiger partial charge is 0.331 e. The molecule has 0 atom stereocenters. The number of hydrogen-bond donors (Lipinski definition) is 1. The molecule has 1 amide bonds. The predicted molar refractivity (Wildman–Crippen MR) is 127 cm³/mol. The number of aromatic nitrogens is 2. The number of rotatable bonds is 7. The zero-order valence-corrected chi connectivity index (χ0v) is 19.6. The number of carbonyl (C=O) groups excluding carboxylic acids is 2. The van der Waals surface area contributed by atoms with Gasteiger partial charge >= 0.3 is 5.97 Å². The molecule has 0 bridgehead atoms. The van der Waals surface area contributed by atoms with Gasteiger partial charge in [-0.15, -0.1) is 0 Å². The molecule has 166 valence electrons. The molecular weight excluding hydrogens is 473 g/mol. The predicted octanol–water partition coefficient (Wildman–Crippen LogP) is 5.70. The van der Waals surface area contributed by atoms with E-state index in [9.17, 15) is 9.59 Å². The van der Waals surface area contributed by atoms with Crippen molar-refractivity contribution in [3.05, 3.63) is 86.1 Å². The van der Waals surface area contributed by atoms with Crippen LogP contribution >= 0.6 is 34.8 Å². The first-order valence-electron chi connectivity index (χ1n) is 9.62. The Kier molecular flexibility index (Phi) is 7.96. The van der Waals surface area contributed by atoms with E-state index in [0.717, 1.165) is 11.1 Å². The van der Waals surface area contributed by atoms with Crippen LogP contribution in [0.3, 0.4) is 0 Å². The highest BCUT2D eigenvalue weighted by Gasteiger charge is 2.14. The summed E-state index contributed by atoms with van der Waals surface area (Å²) in [6, 6.07) is 12.6. The number of carbonyl (C=O) groups is 2. The molecule has 0 radical (unpaired) electrons. The summed E-state index contributed by atoms with van der Waals surface area (Å²) in [5, 5.41) is 8.58. The van der Waals surface area contributed by atoms with Crippen LogP contribution in [-0.4, -0.2) is 28.3 Å². The van der Waals surface area contributed by atoms with Crippen molar-refractivity contribution in [2.45, 2.75) is 20.4 Å². The minimum absolute atomic E-state index is 0.362. The van der Waals surface area contributed by atoms with Gasteiger partial charge in [-0.2, -0.15) is 5.10 Å². The number of aryl methyl sites for hydroxylation is 1. The van der Waals surface area contributed by atoms with Crippen molar-refractivity contribution in [3.8, 4) is 0 Å². The monoisotopic (exact) mass is 491 g/mol. The Morgan fingerprint density at radius 1 is 1.06 bits per heavy atom. The normalized spacial score (nSPS) is 11.0. The molecule has 6 nitrogen and oxygen atoms in total. The third-order valence-electron chi connectivity index (χ3n) is 4.66. The number of esters is 1. The molecule has 0 fully saturated rings. The molecule has 0 spiro atoms. The zero-order valence-electron chi connectivity index (χ0n) is 17.4. The van der Waals surface area contributed by atoms with Crippen molar-refractivity contribution in [1.29, 1.82) is 0 Å². The minimum Gasteiger partial charge on any atom is -0.452 e. The molecule has 2 aromatic carbocycles. The van der Waals surface area contributed by atoms with Gasteiger partial charge in [0.25, 0.3) is 5.91 Å². The molecule has 3 aromatic rings. The fraction of sp³-hybridized carbons (Fsp3) is 0.174. The fourth-order valence-electron chi connectivity index (χ4n) is 2.91. The van der Waals surface area contributed by atoms with Crippen LogP contribution < -0.4 is 5.32 Å². The van der Waals surface area contributed by atoms with Crippen LogP contribution in [0.25, 0.3) is 6.08 Å². The minimum atomic E-state index is -0.683. The molecule has 0 aliphatic heterocycles. The van der Waals surface area contributed by atoms with Gasteiger partial charge in [0.1, 0.15) is 5.15 Å². The van der Waals surface area contributed by atoms with Gasteiger partial charge in [0.05, 0.1) is 12.2 Å². The summed E-state index contributed by atoms with van der Waals surface area (Å²) in [7, 11) is 0. The Hall–Kier alpha value is -2.80. The largest absolute Gasteiger partial charge is 0.452 e. The molecule has 0 aliphatic carbocycles. The Morgan fingerprint density at radius 3 is 2.53 bits per heavy atom. The summed E-state index contributed by atoms with van der Waals surface area (Å²) < 4.78 is 6.61. The second kappa shape index (κ2) is 10.7. The van der Waals surface area contributed by atoms with E-state index < -0.39 is 18.5 Å². The second-order valence-corrected chi connectivity index (χ2v) is 8.11. The van der Waals surface area contributed by atoms with Gasteiger partial charge in [-0.25, -0.2) is 9.48 Å². The maximum Gasteiger partial charge on any atom is 0.331 e. The van der Waals surface area contributed by atoms with E-state index >= 15 is 0 Å². The molecule has 1 heterocycles. The van der Waals surface area contributed by atoms with E-state index in [4.69, 9.17) is 39.5 Å². The van der Waals surface area contributed by atoms with Crippen LogP contribution in [-0.2, 0) is 20.9 Å². The van der Waals surface area contributed by atoms with Gasteiger partial charge in [0.15, 0.2) is 6.61 Å². The van der Waals surface area contributed by atoms with Gasteiger partial charge in [0, 0.05) is 27.4 Å². The third-order valence-corrected chi connectivity index (χ3v) is 5.84. The lowest BCUT2D eigenvalue weighted by atomic mass is 10.2. The van der Waals surface area contributed by atoms with E-state index in [2.05, 4.69) is 10.4 Å². The molecule has 1 aromatic heterocycles. The lowest BCUT2D eigenvalue weighted by molar-refractivity contribution is -0.142. The molecule has 0 unspecified atom stereocenters. The Labute approximate surface area is 200 Å². The molecule has 0 aliphatic rings. The van der Waals surface area contributed by atoms with Crippen LogP contribution in [0.5, 0.6) is 0 Å². The van der Waals surface area contributed by atoms with Crippen molar-refractivity contribution in [1.82, 2.24) is 9.78 Å². The van der Waals surface area contributed by atoms with Gasteiger partial charge < -0.3 is 10.1 Å². The van der Waals surface area contributed by atoms with E-state index in [0.29, 0.717) is 38.7 Å². The van der Waals surface area contributed by atoms with Crippen molar-refractivity contribution >= 4 is 58.4 Å². The number of benzene rings is 2. The number of amides is 1. The molecule has 0 saturated heterocycles. The van der Waals surface area contributed by atoms with Crippen LogP contribution in [0.1, 0.15) is 22.4 Å². The molecule has 0 saturated carbocycles. The summed E-state index contributed by atoms with van der Waals surface area (Å²) in [6.07, 6.45) is 2.71. The number of halogens is 3. The van der Waals surface area contributed by atoms with Crippen LogP contribution in [0.4, 0.5) is 5.69 Å². The van der Waals surface area contributed by atoms with Crippen LogP contribution in [0.2, 0.25) is 15.2 Å². The highest BCUT2D eigenvalue weighted by atomic mass is 35.5. The molecule has 9 heteroatoms. The van der Waals surface area contributed by atoms with Crippen molar-refractivity contribution in [2.24, 2.45) is 0 Å². The Bertz CT molecular complexity index is 1190. The fourth-order valence-corrected chi connectivity index (χ4v) is 3.58. The summed E-state index contributed by atoms with van der Waals surface area (Å²) in [6.45, 7) is 3.51. The van der Waals surface area contributed by atoms with Gasteiger partial charge in [0.2, 0.25) is 0 Å². The summed E-state index contributed by atoms with van der Waals surface area (Å²) in [4.78, 5) is 24.1. The maximum atomic E-state index is 12.1. The number of anilines is 1. The molecule has 32 heavy (non-hydrogen) atoms. The van der Waals surface area contributed by atoms with Crippen LogP contribution in [0.15, 0.2) is 48.5 Å². The SMILES string of the molecule is Cc1nn(Cc2ccccc2Cl)c(Cl)c1/C=C/C(=O)OCC(=O)Nc1cccc(Cl)c1C. The first kappa shape index (κ1) is 23.9. The van der Waals surface area contributed by atoms with Gasteiger partial charge in [-0.05, 0) is 49.2 Å². The molecule has 3 rings (SSSR count). The van der Waals surface area contributed by atoms with E-state index in [1.54, 1.807) is 42.8 Å². The van der Waals surface area contributed by atoms with E-state index in [1.165, 1.54) is 12.2 Å². The number of hydrogen-bond acceptors (Lipinski definition) is 4. The Morgan fingerprint density at radius 2 is 1.78 bits per heavy atom. The molecular formula is C23H20Cl3N3O3. The summed E-state index contributed by atoms with van der Waals surface area (Å²) >= 11 is 18.7. The van der Waals surface area contributed by atoms with Gasteiger partial charge in [-0.3, -0.25) is 4.79 Å². The Balaban J connectivity index is 1.59. The summed E-state index contributed by atoms with van der Waals surface area (Å²) in [5.74, 6) is -1.16. The number of nitrogens with one attached hydrogen (secondary N) is 1. The van der Waals surface area contributed by atoms with E-state index in [-0.39, 0.29) is 0 Å². The average Bonchev–Trinajstić information content (AvgIpc) is 3.02. The molecule has 1 N–H and O–H groups in total. The maximum absolute atomic E-state index is 12.1. The average molecular weight is 493 g/mol. The third kappa shape index (κ3) is 5.91. The van der Waals surface area contributed by atoms with Crippen LogP contribution in [0, 0.1) is 13.8 Å². The second-order valence-electron chi connectivity index (χ2n) is 6.94. The first-order chi connectivity index (χ1) is 15.3. The highest BCUT2D eigenvalue weighted by Crippen LogP contribution is 2.25. The number of ether oxygens (including phenoxy) is 1. The van der Waals surface area contributed by atoms with Crippen molar-refractivity contribution in [2.75, 3.05) is 11.9 Å². The van der Waals surface area contributed by atoms with Crippen molar-refractivity contribution < 1.29 is 14.3 Å². The zero-order chi connectivity index (χ0) is 23.3.